The number of aromatic nitrogens is 2. The average Bonchev–Trinajstić information content (AvgIpc) is 2.73. The number of carboxylic acid groups (broad SMARTS) is 1. The maximum absolute atomic E-state index is 12.8. The third-order valence-electron chi connectivity index (χ3n) is 2.40. The minimum absolute atomic E-state index is 0.159. The summed E-state index contributed by atoms with van der Waals surface area (Å²) in [6, 6.07) is 1.59. The van der Waals surface area contributed by atoms with Gasteiger partial charge in [-0.25, -0.2) is 9.78 Å². The molecule has 106 valence electrons. The summed E-state index contributed by atoms with van der Waals surface area (Å²) in [5.74, 6) is -1.49. The Morgan fingerprint density at radius 2 is 1.95 bits per heavy atom. The number of rotatable bonds is 2. The van der Waals surface area contributed by atoms with Crippen molar-refractivity contribution in [3.05, 3.63) is 44.7 Å². The molecule has 0 aromatic carbocycles. The van der Waals surface area contributed by atoms with Crippen molar-refractivity contribution in [3.8, 4) is 5.82 Å². The summed E-state index contributed by atoms with van der Waals surface area (Å²) in [6.45, 7) is 0. The van der Waals surface area contributed by atoms with Gasteiger partial charge in [-0.1, -0.05) is 0 Å². The Morgan fingerprint density at radius 3 is 2.40 bits per heavy atom. The van der Waals surface area contributed by atoms with E-state index in [4.69, 9.17) is 5.11 Å². The minimum Gasteiger partial charge on any atom is -0.478 e. The number of carbonyl (C=O) groups is 1. The minimum atomic E-state index is -4.75. The van der Waals surface area contributed by atoms with Gasteiger partial charge in [0, 0.05) is 23.1 Å². The third kappa shape index (κ3) is 2.88. The average molecular weight is 414 g/mol. The van der Waals surface area contributed by atoms with E-state index in [0.717, 1.165) is 10.8 Å². The van der Waals surface area contributed by atoms with Gasteiger partial charge in [-0.05, 0) is 37.9 Å². The number of carboxylic acids is 1. The van der Waals surface area contributed by atoms with E-state index in [1.54, 1.807) is 6.07 Å². The summed E-state index contributed by atoms with van der Waals surface area (Å²) in [7, 11) is 0. The van der Waals surface area contributed by atoms with Crippen LogP contribution in [-0.4, -0.2) is 20.6 Å². The number of nitrogens with zero attached hydrogens (tertiary/aromatic N) is 2. The molecule has 2 aromatic heterocycles. The lowest BCUT2D eigenvalue weighted by molar-refractivity contribution is -0.138. The summed E-state index contributed by atoms with van der Waals surface area (Å²) in [5.41, 5.74) is -2.05. The van der Waals surface area contributed by atoms with Gasteiger partial charge in [-0.2, -0.15) is 13.2 Å². The van der Waals surface area contributed by atoms with Gasteiger partial charge in [0.2, 0.25) is 0 Å². The first-order chi connectivity index (χ1) is 9.20. The van der Waals surface area contributed by atoms with Gasteiger partial charge in [0.25, 0.3) is 0 Å². The summed E-state index contributed by atoms with van der Waals surface area (Å²) >= 11 is 6.33. The molecule has 0 amide bonds. The maximum atomic E-state index is 12.8. The Labute approximate surface area is 127 Å². The molecule has 0 bridgehead atoms. The topological polar surface area (TPSA) is 55.1 Å². The van der Waals surface area contributed by atoms with Crippen LogP contribution in [0.1, 0.15) is 15.9 Å². The van der Waals surface area contributed by atoms with Crippen molar-refractivity contribution in [2.24, 2.45) is 0 Å². The summed E-state index contributed by atoms with van der Waals surface area (Å²) in [4.78, 5) is 14.9. The van der Waals surface area contributed by atoms with Crippen molar-refractivity contribution >= 4 is 37.8 Å². The molecule has 0 aliphatic heterocycles. The second-order valence-electron chi connectivity index (χ2n) is 3.75. The highest BCUT2D eigenvalue weighted by molar-refractivity contribution is 9.11. The number of aromatic carboxylic acids is 1. The van der Waals surface area contributed by atoms with Gasteiger partial charge in [0.15, 0.2) is 5.82 Å². The van der Waals surface area contributed by atoms with Crippen LogP contribution >= 0.6 is 31.9 Å². The predicted molar refractivity (Wildman–Crippen MR) is 70.9 cm³/mol. The highest BCUT2D eigenvalue weighted by Gasteiger charge is 2.37. The molecule has 0 aliphatic rings. The van der Waals surface area contributed by atoms with Gasteiger partial charge >= 0.3 is 12.1 Å². The molecular weight excluding hydrogens is 409 g/mol. The molecule has 9 heteroatoms. The van der Waals surface area contributed by atoms with Gasteiger partial charge in [0.05, 0.1) is 15.6 Å². The molecule has 2 rings (SSSR count). The molecule has 0 fully saturated rings. The number of halogens is 5. The zero-order chi connectivity index (χ0) is 15.1. The largest absolute Gasteiger partial charge is 0.478 e. The normalized spacial score (nSPS) is 11.7. The second kappa shape index (κ2) is 5.21. The van der Waals surface area contributed by atoms with Crippen molar-refractivity contribution in [2.45, 2.75) is 6.18 Å². The van der Waals surface area contributed by atoms with Crippen molar-refractivity contribution in [1.29, 1.82) is 0 Å². The summed E-state index contributed by atoms with van der Waals surface area (Å²) < 4.78 is 40.4. The van der Waals surface area contributed by atoms with E-state index in [2.05, 4.69) is 36.8 Å². The van der Waals surface area contributed by atoms with E-state index in [1.807, 2.05) is 0 Å². The Bertz CT molecular complexity index is 683. The van der Waals surface area contributed by atoms with E-state index in [-0.39, 0.29) is 5.82 Å². The zero-order valence-corrected chi connectivity index (χ0v) is 12.6. The molecule has 2 aromatic rings. The number of pyridine rings is 1. The van der Waals surface area contributed by atoms with E-state index >= 15 is 0 Å². The van der Waals surface area contributed by atoms with Crippen LogP contribution in [0.15, 0.2) is 33.6 Å². The van der Waals surface area contributed by atoms with Crippen LogP contribution < -0.4 is 0 Å². The second-order valence-corrected chi connectivity index (χ2v) is 5.52. The fourth-order valence-electron chi connectivity index (χ4n) is 1.57. The van der Waals surface area contributed by atoms with Gasteiger partial charge in [-0.15, -0.1) is 0 Å². The molecule has 1 N–H and O–H groups in total. The maximum Gasteiger partial charge on any atom is 0.418 e. The Kier molecular flexibility index (Phi) is 3.92. The van der Waals surface area contributed by atoms with Gasteiger partial charge < -0.3 is 9.67 Å². The molecule has 0 radical (unpaired) electrons. The van der Waals surface area contributed by atoms with E-state index in [9.17, 15) is 18.0 Å². The first-order valence-electron chi connectivity index (χ1n) is 5.04. The summed E-state index contributed by atoms with van der Waals surface area (Å²) in [6.07, 6.45) is -1.77. The third-order valence-corrected chi connectivity index (χ3v) is 3.41. The molecule has 0 unspecified atom stereocenters. The van der Waals surface area contributed by atoms with Crippen LogP contribution in [0.25, 0.3) is 5.82 Å². The van der Waals surface area contributed by atoms with Crippen molar-refractivity contribution in [1.82, 2.24) is 9.55 Å². The van der Waals surface area contributed by atoms with Crippen LogP contribution in [-0.2, 0) is 6.18 Å². The van der Waals surface area contributed by atoms with Crippen LogP contribution in [0.5, 0.6) is 0 Å². The predicted octanol–water partition coefficient (Wildman–Crippen LogP) is 4.11. The van der Waals surface area contributed by atoms with E-state index in [1.165, 1.54) is 6.20 Å². The van der Waals surface area contributed by atoms with E-state index in [0.29, 0.717) is 15.1 Å². The van der Waals surface area contributed by atoms with E-state index < -0.39 is 23.3 Å². The molecule has 0 saturated carbocycles. The number of alkyl halides is 3. The quantitative estimate of drug-likeness (QED) is 0.805. The van der Waals surface area contributed by atoms with Crippen molar-refractivity contribution < 1.29 is 23.1 Å². The highest BCUT2D eigenvalue weighted by atomic mass is 79.9. The molecule has 20 heavy (non-hydrogen) atoms. The monoisotopic (exact) mass is 412 g/mol. The number of hydrogen-bond donors (Lipinski definition) is 1. The molecule has 0 spiro atoms. The zero-order valence-electron chi connectivity index (χ0n) is 9.45. The lowest BCUT2D eigenvalue weighted by Crippen LogP contribution is -2.09. The van der Waals surface area contributed by atoms with Gasteiger partial charge in [0.1, 0.15) is 0 Å². The Balaban J connectivity index is 2.62. The molecule has 0 atom stereocenters. The van der Waals surface area contributed by atoms with Crippen LogP contribution in [0.3, 0.4) is 0 Å². The van der Waals surface area contributed by atoms with Crippen molar-refractivity contribution in [2.75, 3.05) is 0 Å². The number of hydrogen-bond acceptors (Lipinski definition) is 2. The van der Waals surface area contributed by atoms with Crippen molar-refractivity contribution in [3.63, 3.8) is 0 Å². The SMILES string of the molecule is O=C(O)c1cn(-c2ncc(Br)cc2Br)cc1C(F)(F)F. The molecule has 0 saturated heterocycles. The smallest absolute Gasteiger partial charge is 0.418 e. The first-order valence-corrected chi connectivity index (χ1v) is 6.62. The van der Waals surface area contributed by atoms with Crippen LogP contribution in [0.2, 0.25) is 0 Å². The lowest BCUT2D eigenvalue weighted by atomic mass is 10.2. The lowest BCUT2D eigenvalue weighted by Gasteiger charge is -2.05. The fourth-order valence-corrected chi connectivity index (χ4v) is 2.76. The van der Waals surface area contributed by atoms with Crippen LogP contribution in [0, 0.1) is 0 Å². The molecule has 4 nitrogen and oxygen atoms in total. The van der Waals surface area contributed by atoms with Crippen LogP contribution in [0.4, 0.5) is 13.2 Å². The summed E-state index contributed by atoms with van der Waals surface area (Å²) in [5, 5.41) is 8.85. The molecular formula is C11H5Br2F3N2O2. The Morgan fingerprint density at radius 1 is 1.30 bits per heavy atom. The molecule has 0 aliphatic carbocycles. The fraction of sp³-hybridized carbons (Fsp3) is 0.0909. The Hall–Kier alpha value is -1.35. The first kappa shape index (κ1) is 15.0. The highest BCUT2D eigenvalue weighted by Crippen LogP contribution is 2.34. The van der Waals surface area contributed by atoms with Gasteiger partial charge in [-0.3, -0.25) is 0 Å². The standard InChI is InChI=1S/C11H5Br2F3N2O2/c12-5-1-8(13)9(17-2-5)18-3-6(10(19)20)7(4-18)11(14,15)16/h1-4H,(H,19,20). The molecule has 2 heterocycles.